The van der Waals surface area contributed by atoms with Crippen molar-refractivity contribution in [3.05, 3.63) is 29.8 Å². The van der Waals surface area contributed by atoms with Crippen molar-refractivity contribution in [1.29, 1.82) is 0 Å². The highest BCUT2D eigenvalue weighted by Gasteiger charge is 2.24. The highest BCUT2D eigenvalue weighted by molar-refractivity contribution is 5.73. The maximum Gasteiger partial charge on any atom is 0.282 e. The largest absolute Gasteiger partial charge is 0.463 e. The molecule has 0 unspecified atom stereocenters. The van der Waals surface area contributed by atoms with Gasteiger partial charge in [0.2, 0.25) is 0 Å². The molecular formula is C12H15N3O. The number of ether oxygens (including phenoxy) is 1. The molecule has 4 nitrogen and oxygen atoms in total. The topological polar surface area (TPSA) is 50.8 Å². The Labute approximate surface area is 94.7 Å². The van der Waals surface area contributed by atoms with E-state index in [1.807, 2.05) is 0 Å². The summed E-state index contributed by atoms with van der Waals surface area (Å²) in [6.45, 7) is 2.59. The highest BCUT2D eigenvalue weighted by Crippen LogP contribution is 2.27. The number of hydrogen-bond acceptors (Lipinski definition) is 4. The zero-order chi connectivity index (χ0) is 11.0. The van der Waals surface area contributed by atoms with Crippen LogP contribution in [0.3, 0.4) is 0 Å². The molecule has 1 atom stereocenters. The average molecular weight is 217 g/mol. The molecule has 3 rings (SSSR count). The summed E-state index contributed by atoms with van der Waals surface area (Å²) in [6, 6.07) is 9.06. The summed E-state index contributed by atoms with van der Waals surface area (Å²) in [5, 5.41) is 0. The second-order valence-electron chi connectivity index (χ2n) is 4.26. The second kappa shape index (κ2) is 3.70. The van der Waals surface area contributed by atoms with Gasteiger partial charge in [-0.05, 0) is 18.1 Å². The number of nitrogens with two attached hydrogens (primary N) is 1. The first-order valence-electron chi connectivity index (χ1n) is 5.62. The number of rotatable bonds is 2. The van der Waals surface area contributed by atoms with Crippen LogP contribution in [0.1, 0.15) is 5.56 Å². The van der Waals surface area contributed by atoms with Crippen LogP contribution in [-0.2, 0) is 11.2 Å². The van der Waals surface area contributed by atoms with Crippen LogP contribution in [0.15, 0.2) is 29.3 Å². The lowest BCUT2D eigenvalue weighted by Gasteiger charge is -2.20. The molecule has 0 saturated carbocycles. The number of para-hydroxylation sites is 1. The molecule has 84 valence electrons. The van der Waals surface area contributed by atoms with Gasteiger partial charge < -0.3 is 15.4 Å². The predicted molar refractivity (Wildman–Crippen MR) is 63.7 cm³/mol. The van der Waals surface area contributed by atoms with E-state index in [4.69, 9.17) is 10.5 Å². The van der Waals surface area contributed by atoms with Gasteiger partial charge in [-0.1, -0.05) is 18.2 Å². The molecule has 0 bridgehead atoms. The fourth-order valence-electron chi connectivity index (χ4n) is 2.38. The van der Waals surface area contributed by atoms with Crippen LogP contribution in [0.2, 0.25) is 0 Å². The quantitative estimate of drug-likeness (QED) is 0.795. The van der Waals surface area contributed by atoms with Crippen LogP contribution in [0.4, 0.5) is 5.69 Å². The van der Waals surface area contributed by atoms with Crippen molar-refractivity contribution in [2.24, 2.45) is 10.7 Å². The van der Waals surface area contributed by atoms with E-state index in [1.165, 1.54) is 11.3 Å². The van der Waals surface area contributed by atoms with E-state index >= 15 is 0 Å². The van der Waals surface area contributed by atoms with Gasteiger partial charge in [0.15, 0.2) is 0 Å². The Hall–Kier alpha value is -1.71. The first-order chi connectivity index (χ1) is 7.83. The molecule has 0 aromatic heterocycles. The molecule has 0 aliphatic carbocycles. The summed E-state index contributed by atoms with van der Waals surface area (Å²) in [5.74, 6) is 0. The van der Waals surface area contributed by atoms with Crippen molar-refractivity contribution >= 4 is 11.7 Å². The Morgan fingerprint density at radius 2 is 2.31 bits per heavy atom. The van der Waals surface area contributed by atoms with Gasteiger partial charge in [0, 0.05) is 18.8 Å². The molecule has 0 radical (unpaired) electrons. The molecule has 0 fully saturated rings. The number of benzene rings is 1. The first kappa shape index (κ1) is 9.51. The van der Waals surface area contributed by atoms with Gasteiger partial charge in [-0.25, -0.2) is 4.99 Å². The van der Waals surface area contributed by atoms with Crippen molar-refractivity contribution in [3.63, 3.8) is 0 Å². The van der Waals surface area contributed by atoms with Crippen molar-refractivity contribution in [3.8, 4) is 0 Å². The molecule has 0 spiro atoms. The molecule has 16 heavy (non-hydrogen) atoms. The van der Waals surface area contributed by atoms with Crippen LogP contribution < -0.4 is 10.6 Å². The van der Waals surface area contributed by atoms with Crippen molar-refractivity contribution in [2.45, 2.75) is 12.5 Å². The zero-order valence-corrected chi connectivity index (χ0v) is 9.10. The van der Waals surface area contributed by atoms with Crippen LogP contribution >= 0.6 is 0 Å². The smallest absolute Gasteiger partial charge is 0.282 e. The van der Waals surface area contributed by atoms with E-state index in [-0.39, 0.29) is 6.04 Å². The molecule has 0 amide bonds. The van der Waals surface area contributed by atoms with E-state index in [0.29, 0.717) is 12.6 Å². The molecule has 4 heteroatoms. The third-order valence-corrected chi connectivity index (χ3v) is 3.15. The third-order valence-electron chi connectivity index (χ3n) is 3.15. The second-order valence-corrected chi connectivity index (χ2v) is 4.26. The lowest BCUT2D eigenvalue weighted by molar-refractivity contribution is 0.313. The molecule has 2 aliphatic heterocycles. The van der Waals surface area contributed by atoms with Crippen LogP contribution in [0.5, 0.6) is 0 Å². The molecule has 2 aliphatic rings. The molecular weight excluding hydrogens is 202 g/mol. The summed E-state index contributed by atoms with van der Waals surface area (Å²) in [6.07, 6.45) is 1.13. The Bertz CT molecular complexity index is 430. The standard InChI is InChI=1S/C12H15N3O/c13-12-14-10(8-16-12)7-15-6-5-9-3-1-2-4-11(9)15/h1-4,10H,5-8H2,(H2,13,14)/t10-/m1/s1. The minimum atomic E-state index is 0.186. The van der Waals surface area contributed by atoms with Crippen LogP contribution in [0.25, 0.3) is 0 Å². The maximum atomic E-state index is 5.50. The van der Waals surface area contributed by atoms with Gasteiger partial charge in [0.1, 0.15) is 12.6 Å². The van der Waals surface area contributed by atoms with Gasteiger partial charge in [-0.3, -0.25) is 0 Å². The number of amidine groups is 1. The van der Waals surface area contributed by atoms with Crippen LogP contribution in [-0.4, -0.2) is 31.8 Å². The lowest BCUT2D eigenvalue weighted by atomic mass is 10.2. The average Bonchev–Trinajstić information content (AvgIpc) is 2.87. The van der Waals surface area contributed by atoms with Gasteiger partial charge >= 0.3 is 0 Å². The molecule has 2 heterocycles. The third kappa shape index (κ3) is 1.60. The number of aliphatic imine (C=N–C) groups is 1. The monoisotopic (exact) mass is 217 g/mol. The predicted octanol–water partition coefficient (Wildman–Crippen LogP) is 0.763. The number of nitrogens with zero attached hydrogens (tertiary/aromatic N) is 2. The number of anilines is 1. The van der Waals surface area contributed by atoms with E-state index in [9.17, 15) is 0 Å². The van der Waals surface area contributed by atoms with E-state index < -0.39 is 0 Å². The Kier molecular flexibility index (Phi) is 2.20. The Morgan fingerprint density at radius 3 is 3.12 bits per heavy atom. The fourth-order valence-corrected chi connectivity index (χ4v) is 2.38. The summed E-state index contributed by atoms with van der Waals surface area (Å²) in [7, 11) is 0. The molecule has 2 N–H and O–H groups in total. The molecule has 1 aromatic carbocycles. The summed E-state index contributed by atoms with van der Waals surface area (Å²) < 4.78 is 5.16. The minimum Gasteiger partial charge on any atom is -0.463 e. The Balaban J connectivity index is 1.74. The lowest BCUT2D eigenvalue weighted by Crippen LogP contribution is -2.30. The van der Waals surface area contributed by atoms with Crippen molar-refractivity contribution in [1.82, 2.24) is 0 Å². The van der Waals surface area contributed by atoms with Gasteiger partial charge in [0.25, 0.3) is 6.02 Å². The summed E-state index contributed by atoms with van der Waals surface area (Å²) >= 11 is 0. The van der Waals surface area contributed by atoms with Crippen molar-refractivity contribution in [2.75, 3.05) is 24.6 Å². The van der Waals surface area contributed by atoms with E-state index in [0.717, 1.165) is 19.5 Å². The van der Waals surface area contributed by atoms with Crippen molar-refractivity contribution < 1.29 is 4.74 Å². The number of hydrogen-bond donors (Lipinski definition) is 1. The van der Waals surface area contributed by atoms with Gasteiger partial charge in [0.05, 0.1) is 0 Å². The zero-order valence-electron chi connectivity index (χ0n) is 9.10. The van der Waals surface area contributed by atoms with E-state index in [1.54, 1.807) is 0 Å². The van der Waals surface area contributed by atoms with E-state index in [2.05, 4.69) is 34.2 Å². The molecule has 0 saturated heterocycles. The number of fused-ring (bicyclic) bond motifs is 1. The van der Waals surface area contributed by atoms with Gasteiger partial charge in [-0.2, -0.15) is 0 Å². The SMILES string of the molecule is NC1=N[C@H](CN2CCc3ccccc32)CO1. The van der Waals surface area contributed by atoms with Crippen LogP contribution in [0, 0.1) is 0 Å². The fraction of sp³-hybridized carbons (Fsp3) is 0.417. The Morgan fingerprint density at radius 1 is 1.44 bits per heavy atom. The van der Waals surface area contributed by atoms with Gasteiger partial charge in [-0.15, -0.1) is 0 Å². The highest BCUT2D eigenvalue weighted by atomic mass is 16.5. The minimum absolute atomic E-state index is 0.186. The molecule has 1 aromatic rings. The normalized spacial score (nSPS) is 22.9. The first-order valence-corrected chi connectivity index (χ1v) is 5.62. The summed E-state index contributed by atoms with van der Waals surface area (Å²) in [4.78, 5) is 6.62. The maximum absolute atomic E-state index is 5.50. The summed E-state index contributed by atoms with van der Waals surface area (Å²) in [5.41, 5.74) is 8.27.